The fourth-order valence-electron chi connectivity index (χ4n) is 2.98. The van der Waals surface area contributed by atoms with Gasteiger partial charge in [0, 0.05) is 11.3 Å². The lowest BCUT2D eigenvalue weighted by atomic mass is 10.1. The molecule has 1 heterocycles. The average molecular weight is 402 g/mol. The van der Waals surface area contributed by atoms with Crippen LogP contribution in [0.3, 0.4) is 0 Å². The highest BCUT2D eigenvalue weighted by molar-refractivity contribution is 6.04. The number of rotatable bonds is 6. The first-order valence-corrected chi connectivity index (χ1v) is 9.80. The quantitative estimate of drug-likeness (QED) is 0.408. The van der Waals surface area contributed by atoms with Crippen molar-refractivity contribution >= 4 is 22.7 Å². The summed E-state index contributed by atoms with van der Waals surface area (Å²) in [5.41, 5.74) is 2.75. The lowest BCUT2D eigenvalue weighted by molar-refractivity contribution is 0.102. The third-order valence-electron chi connectivity index (χ3n) is 4.81. The molecule has 6 nitrogen and oxygen atoms in total. The summed E-state index contributed by atoms with van der Waals surface area (Å²) >= 11 is 0. The summed E-state index contributed by atoms with van der Waals surface area (Å²) in [5, 5.41) is 13.1. The van der Waals surface area contributed by atoms with E-state index in [-0.39, 0.29) is 23.7 Å². The Morgan fingerprint density at radius 1 is 1.13 bits per heavy atom. The van der Waals surface area contributed by atoms with Gasteiger partial charge in [-0.1, -0.05) is 19.1 Å². The van der Waals surface area contributed by atoms with Gasteiger partial charge in [-0.3, -0.25) is 4.79 Å². The minimum atomic E-state index is -0.265. The van der Waals surface area contributed by atoms with Crippen molar-refractivity contribution < 1.29 is 19.1 Å². The fourth-order valence-corrected chi connectivity index (χ4v) is 2.98. The van der Waals surface area contributed by atoms with Crippen LogP contribution in [0.2, 0.25) is 0 Å². The maximum atomic E-state index is 12.6. The molecule has 152 valence electrons. The van der Waals surface area contributed by atoms with Crippen molar-refractivity contribution in [2.45, 2.75) is 26.4 Å². The van der Waals surface area contributed by atoms with Gasteiger partial charge >= 0.3 is 0 Å². The minimum Gasteiger partial charge on any atom is -0.507 e. The van der Waals surface area contributed by atoms with Crippen molar-refractivity contribution in [3.8, 4) is 23.0 Å². The molecule has 0 bridgehead atoms. The van der Waals surface area contributed by atoms with E-state index >= 15 is 0 Å². The van der Waals surface area contributed by atoms with Gasteiger partial charge in [-0.25, -0.2) is 4.98 Å². The SMILES string of the molecule is CC[C@H](C)Oc1ccc(C(=O)Nc2ccc(O)c(-c3nc4ccccc4o3)c2)cc1. The molecule has 4 rings (SSSR count). The molecule has 4 aromatic rings. The lowest BCUT2D eigenvalue weighted by Crippen LogP contribution is -2.12. The number of carbonyl (C=O) groups excluding carboxylic acids is 1. The van der Waals surface area contributed by atoms with Crippen LogP contribution in [0.4, 0.5) is 5.69 Å². The molecule has 0 fully saturated rings. The maximum absolute atomic E-state index is 12.6. The summed E-state index contributed by atoms with van der Waals surface area (Å²) in [7, 11) is 0. The Morgan fingerprint density at radius 2 is 1.90 bits per heavy atom. The standard InChI is InChI=1S/C24H22N2O4/c1-3-15(2)29-18-11-8-16(9-12-18)23(28)25-17-10-13-21(27)19(14-17)24-26-20-6-4-5-7-22(20)30-24/h4-15,27H,3H2,1-2H3,(H,25,28)/t15-/m0/s1. The second-order valence-corrected chi connectivity index (χ2v) is 7.03. The largest absolute Gasteiger partial charge is 0.507 e. The number of hydrogen-bond acceptors (Lipinski definition) is 5. The predicted molar refractivity (Wildman–Crippen MR) is 116 cm³/mol. The molecule has 0 radical (unpaired) electrons. The Bertz CT molecular complexity index is 1150. The number of hydrogen-bond donors (Lipinski definition) is 2. The number of carbonyl (C=O) groups is 1. The van der Waals surface area contributed by atoms with Gasteiger partial charge in [0.25, 0.3) is 5.91 Å². The first-order chi connectivity index (χ1) is 14.5. The molecule has 30 heavy (non-hydrogen) atoms. The Kier molecular flexibility index (Phi) is 5.39. The molecule has 1 amide bonds. The molecule has 2 N–H and O–H groups in total. The summed E-state index contributed by atoms with van der Waals surface area (Å²) in [6.07, 6.45) is 1.03. The third kappa shape index (κ3) is 4.12. The number of phenols is 1. The zero-order valence-electron chi connectivity index (χ0n) is 16.8. The molecule has 0 aliphatic carbocycles. The van der Waals surface area contributed by atoms with Crippen LogP contribution >= 0.6 is 0 Å². The molecule has 0 aliphatic heterocycles. The van der Waals surface area contributed by atoms with E-state index in [0.717, 1.165) is 12.2 Å². The van der Waals surface area contributed by atoms with E-state index in [1.807, 2.05) is 31.2 Å². The topological polar surface area (TPSA) is 84.6 Å². The Morgan fingerprint density at radius 3 is 2.63 bits per heavy atom. The van der Waals surface area contributed by atoms with Gasteiger partial charge in [-0.2, -0.15) is 0 Å². The summed E-state index contributed by atoms with van der Waals surface area (Å²) < 4.78 is 11.5. The second-order valence-electron chi connectivity index (χ2n) is 7.03. The summed E-state index contributed by atoms with van der Waals surface area (Å²) in [6.45, 7) is 4.05. The molecule has 1 aromatic heterocycles. The van der Waals surface area contributed by atoms with E-state index in [0.29, 0.717) is 27.9 Å². The number of aromatic nitrogens is 1. The van der Waals surface area contributed by atoms with E-state index in [1.54, 1.807) is 36.4 Å². The molecule has 3 aromatic carbocycles. The molecule has 6 heteroatoms. The van der Waals surface area contributed by atoms with Crippen molar-refractivity contribution in [3.63, 3.8) is 0 Å². The Balaban J connectivity index is 1.53. The number of oxazole rings is 1. The number of nitrogens with zero attached hydrogens (tertiary/aromatic N) is 1. The van der Waals surface area contributed by atoms with E-state index in [9.17, 15) is 9.90 Å². The van der Waals surface area contributed by atoms with Crippen molar-refractivity contribution in [2.24, 2.45) is 0 Å². The van der Waals surface area contributed by atoms with Crippen LogP contribution in [-0.4, -0.2) is 22.1 Å². The number of ether oxygens (including phenoxy) is 1. The van der Waals surface area contributed by atoms with Gasteiger partial charge in [0.15, 0.2) is 5.58 Å². The summed E-state index contributed by atoms with van der Waals surface area (Å²) in [4.78, 5) is 17.0. The first kappa shape index (κ1) is 19.5. The van der Waals surface area contributed by atoms with Crippen LogP contribution in [0.5, 0.6) is 11.5 Å². The number of phenolic OH excluding ortho intramolecular Hbond substituents is 1. The van der Waals surface area contributed by atoms with E-state index < -0.39 is 0 Å². The lowest BCUT2D eigenvalue weighted by Gasteiger charge is -2.13. The normalized spacial score (nSPS) is 11.9. The van der Waals surface area contributed by atoms with Gasteiger partial charge in [0.1, 0.15) is 17.0 Å². The van der Waals surface area contributed by atoms with Crippen LogP contribution in [0.1, 0.15) is 30.6 Å². The molecular formula is C24H22N2O4. The van der Waals surface area contributed by atoms with Gasteiger partial charge in [0.2, 0.25) is 5.89 Å². The van der Waals surface area contributed by atoms with Gasteiger partial charge < -0.3 is 19.6 Å². The zero-order chi connectivity index (χ0) is 21.1. The molecule has 1 atom stereocenters. The number of anilines is 1. The zero-order valence-corrected chi connectivity index (χ0v) is 16.8. The van der Waals surface area contributed by atoms with Gasteiger partial charge in [0.05, 0.1) is 11.7 Å². The molecule has 0 saturated heterocycles. The van der Waals surface area contributed by atoms with Crippen molar-refractivity contribution in [2.75, 3.05) is 5.32 Å². The minimum absolute atomic E-state index is 0.0195. The smallest absolute Gasteiger partial charge is 0.255 e. The number of amides is 1. The molecular weight excluding hydrogens is 380 g/mol. The van der Waals surface area contributed by atoms with Crippen LogP contribution in [0.15, 0.2) is 71.1 Å². The van der Waals surface area contributed by atoms with Gasteiger partial charge in [-0.05, 0) is 67.9 Å². The molecule has 0 spiro atoms. The van der Waals surface area contributed by atoms with E-state index in [1.165, 1.54) is 6.07 Å². The van der Waals surface area contributed by atoms with Crippen LogP contribution in [0.25, 0.3) is 22.6 Å². The van der Waals surface area contributed by atoms with Crippen molar-refractivity contribution in [3.05, 3.63) is 72.3 Å². The molecule has 0 saturated carbocycles. The highest BCUT2D eigenvalue weighted by Crippen LogP contribution is 2.33. The summed E-state index contributed by atoms with van der Waals surface area (Å²) in [6, 6.07) is 19.1. The number of para-hydroxylation sites is 2. The number of aromatic hydroxyl groups is 1. The first-order valence-electron chi connectivity index (χ1n) is 9.80. The maximum Gasteiger partial charge on any atom is 0.255 e. The van der Waals surface area contributed by atoms with Crippen molar-refractivity contribution in [1.82, 2.24) is 4.98 Å². The second kappa shape index (κ2) is 8.29. The van der Waals surface area contributed by atoms with Crippen molar-refractivity contribution in [1.29, 1.82) is 0 Å². The Labute approximate surface area is 174 Å². The summed E-state index contributed by atoms with van der Waals surface area (Å²) in [5.74, 6) is 0.769. The molecule has 0 unspecified atom stereocenters. The Hall–Kier alpha value is -3.80. The third-order valence-corrected chi connectivity index (χ3v) is 4.81. The fraction of sp³-hybridized carbons (Fsp3) is 0.167. The van der Waals surface area contributed by atoms with E-state index in [4.69, 9.17) is 9.15 Å². The van der Waals surface area contributed by atoms with E-state index in [2.05, 4.69) is 17.2 Å². The van der Waals surface area contributed by atoms with Crippen LogP contribution in [-0.2, 0) is 0 Å². The molecule has 0 aliphatic rings. The number of benzene rings is 3. The number of fused-ring (bicyclic) bond motifs is 1. The highest BCUT2D eigenvalue weighted by atomic mass is 16.5. The number of nitrogens with one attached hydrogen (secondary N) is 1. The monoisotopic (exact) mass is 402 g/mol. The van der Waals surface area contributed by atoms with Crippen LogP contribution < -0.4 is 10.1 Å². The predicted octanol–water partition coefficient (Wildman–Crippen LogP) is 5.63. The average Bonchev–Trinajstić information content (AvgIpc) is 3.19. The van der Waals surface area contributed by atoms with Crippen LogP contribution in [0, 0.1) is 0 Å². The highest BCUT2D eigenvalue weighted by Gasteiger charge is 2.14. The van der Waals surface area contributed by atoms with Gasteiger partial charge in [-0.15, -0.1) is 0 Å².